The average Bonchev–Trinajstić information content (AvgIpc) is 3.18. The SMILES string of the molecule is C[Si](C)(C)OC[C@@H]1O[C@@H](OC[C@@H]2O[C@H](O[C@@H]([C@@H](O[Si](C)(C)C)[C@@H](/C=N/O[Si](C)(C)C)O[Si](C)(C)C)[C@H](CO[Si](C)(C)C)O[Si](C)(C)C)[C@@H](O[Si](C)(C)C)[C@H](O[Si](C)(C)C)[C@H]2O[Si](C)(C)C)[C@@H](O[Si](C)(C)C)[C@H](O[Si](C)(C)C)[C@H]1O[Si](C)(C)C. The van der Waals surface area contributed by atoms with Crippen LogP contribution in [-0.2, 0) is 72.2 Å². The van der Waals surface area contributed by atoms with Crippen molar-refractivity contribution < 1.29 is 72.2 Å². The molecule has 0 saturated carbocycles. The molecule has 14 atom stereocenters. The van der Waals surface area contributed by atoms with Crippen molar-refractivity contribution in [3.05, 3.63) is 0 Å². The highest BCUT2D eigenvalue weighted by Gasteiger charge is 2.57. The highest BCUT2D eigenvalue weighted by Crippen LogP contribution is 2.40. The van der Waals surface area contributed by atoms with Gasteiger partial charge in [0.15, 0.2) is 104 Å². The van der Waals surface area contributed by atoms with E-state index in [1.165, 1.54) is 0 Å². The summed E-state index contributed by atoms with van der Waals surface area (Å²) in [6, 6.07) is 0. The zero-order valence-corrected chi connectivity index (χ0v) is 71.8. The molecule has 0 bridgehead atoms. The lowest BCUT2D eigenvalue weighted by atomic mass is 9.98. The summed E-state index contributed by atoms with van der Waals surface area (Å²) in [7, 11) is -27.7. The van der Waals surface area contributed by atoms with Gasteiger partial charge in [0.2, 0.25) is 0 Å². The lowest BCUT2D eigenvalue weighted by Crippen LogP contribution is -2.69. The monoisotopic (exact) mass is 1380 g/mol. The minimum atomic E-state index is -2.47. The Kier molecular flexibility index (Phi) is 29.6. The number of hydrogen-bond acceptors (Lipinski definition) is 17. The van der Waals surface area contributed by atoms with Crippen LogP contribution in [0.2, 0.25) is 236 Å². The molecule has 17 nitrogen and oxygen atoms in total. The molecule has 0 amide bonds. The minimum absolute atomic E-state index is 0.0202. The van der Waals surface area contributed by atoms with Crippen molar-refractivity contribution in [2.24, 2.45) is 5.16 Å². The largest absolute Gasteiger partial charge is 0.456 e. The van der Waals surface area contributed by atoms with E-state index in [-0.39, 0.29) is 13.2 Å². The van der Waals surface area contributed by atoms with Crippen molar-refractivity contribution in [1.29, 1.82) is 0 Å². The molecule has 0 radical (unpaired) electrons. The molecule has 2 heterocycles. The Morgan fingerprint density at radius 3 is 1.05 bits per heavy atom. The molecule has 0 aliphatic carbocycles. The van der Waals surface area contributed by atoms with Crippen molar-refractivity contribution in [2.75, 3.05) is 19.8 Å². The van der Waals surface area contributed by atoms with Crippen LogP contribution in [0.4, 0.5) is 0 Å². The molecule has 0 spiro atoms. The lowest BCUT2D eigenvalue weighted by Gasteiger charge is -2.53. The third-order valence-electron chi connectivity index (χ3n) is 11.2. The first-order valence-corrected chi connectivity index (χ1v) is 71.7. The van der Waals surface area contributed by atoms with Crippen LogP contribution >= 0.6 is 0 Å². The topological polar surface area (TPSA) is 160 Å². The van der Waals surface area contributed by atoms with Gasteiger partial charge in [0, 0.05) is 0 Å². The fourth-order valence-electron chi connectivity index (χ4n) is 9.13. The predicted molar refractivity (Wildman–Crippen MR) is 374 cm³/mol. The number of hydrogen-bond donors (Lipinski definition) is 0. The Hall–Kier alpha value is 1.47. The van der Waals surface area contributed by atoms with E-state index in [2.05, 4.69) is 236 Å². The molecule has 29 heteroatoms. The van der Waals surface area contributed by atoms with Crippen LogP contribution in [0.5, 0.6) is 0 Å². The molecule has 2 rings (SSSR count). The molecular formula is C54H129NO16Si12. The number of oxime groups is 1. The van der Waals surface area contributed by atoms with Crippen molar-refractivity contribution in [2.45, 2.75) is 322 Å². The van der Waals surface area contributed by atoms with Gasteiger partial charge in [-0.3, -0.25) is 0 Å². The van der Waals surface area contributed by atoms with Crippen molar-refractivity contribution in [3.63, 3.8) is 0 Å². The summed E-state index contributed by atoms with van der Waals surface area (Å²) in [4.78, 5) is 0. The molecule has 2 fully saturated rings. The lowest BCUT2D eigenvalue weighted by molar-refractivity contribution is -0.334. The fraction of sp³-hybridized carbons (Fsp3) is 0.981. The highest BCUT2D eigenvalue weighted by molar-refractivity contribution is 6.73. The van der Waals surface area contributed by atoms with Crippen molar-refractivity contribution in [3.8, 4) is 0 Å². The summed E-state index contributed by atoms with van der Waals surface area (Å²) < 4.78 is 116. The third kappa shape index (κ3) is 34.6. The Balaban J connectivity index is 3.29. The third-order valence-corrected chi connectivity index (χ3v) is 22.8. The molecule has 0 unspecified atom stereocenters. The number of ether oxygens (including phenoxy) is 4. The first kappa shape index (κ1) is 80.6. The molecule has 0 aromatic heterocycles. The van der Waals surface area contributed by atoms with Crippen molar-refractivity contribution >= 4 is 106 Å². The minimum Gasteiger partial charge on any atom is -0.456 e. The maximum absolute atomic E-state index is 7.91. The predicted octanol–water partition coefficient (Wildman–Crippen LogP) is 14.4. The van der Waals surface area contributed by atoms with Gasteiger partial charge in [-0.25, -0.2) is 0 Å². The van der Waals surface area contributed by atoms with Crippen LogP contribution in [0.3, 0.4) is 0 Å². The van der Waals surface area contributed by atoms with Crippen molar-refractivity contribution in [1.82, 2.24) is 0 Å². The van der Waals surface area contributed by atoms with Crippen LogP contribution < -0.4 is 0 Å². The second kappa shape index (κ2) is 30.5. The van der Waals surface area contributed by atoms with Gasteiger partial charge in [0.05, 0.1) is 32.1 Å². The Bertz CT molecular complexity index is 1960. The number of nitrogens with zero attached hydrogens (tertiary/aromatic N) is 1. The molecule has 0 aromatic rings. The van der Waals surface area contributed by atoms with E-state index < -0.39 is 186 Å². The highest BCUT2D eigenvalue weighted by atomic mass is 28.4. The van der Waals surface area contributed by atoms with E-state index in [4.69, 9.17) is 77.3 Å². The van der Waals surface area contributed by atoms with E-state index in [0.29, 0.717) is 6.61 Å². The normalized spacial score (nSPS) is 27.2. The molecule has 2 aliphatic rings. The average molecular weight is 1390 g/mol. The van der Waals surface area contributed by atoms with E-state index in [9.17, 15) is 0 Å². The van der Waals surface area contributed by atoms with Crippen LogP contribution in [0.15, 0.2) is 5.16 Å². The maximum Gasteiger partial charge on any atom is 0.278 e. The van der Waals surface area contributed by atoms with E-state index >= 15 is 0 Å². The summed E-state index contributed by atoms with van der Waals surface area (Å²) in [5.41, 5.74) is 0. The van der Waals surface area contributed by atoms with Crippen LogP contribution in [0, 0.1) is 0 Å². The summed E-state index contributed by atoms with van der Waals surface area (Å²) in [5, 5.41) is 4.69. The molecule has 0 aromatic carbocycles. The first-order valence-electron chi connectivity index (χ1n) is 30.8. The Morgan fingerprint density at radius 1 is 0.337 bits per heavy atom. The quantitative estimate of drug-likeness (QED) is 0.0335. The summed E-state index contributed by atoms with van der Waals surface area (Å²) >= 11 is 0. The van der Waals surface area contributed by atoms with E-state index in [1.54, 1.807) is 6.21 Å². The zero-order valence-electron chi connectivity index (χ0n) is 59.8. The summed E-state index contributed by atoms with van der Waals surface area (Å²) in [6.45, 7) is 79.5. The second-order valence-corrected chi connectivity index (χ2v) is 88.2. The second-order valence-electron chi connectivity index (χ2n) is 34.7. The van der Waals surface area contributed by atoms with Crippen LogP contribution in [0.1, 0.15) is 0 Å². The fourth-order valence-corrected chi connectivity index (χ4v) is 20.5. The number of rotatable bonds is 35. The van der Waals surface area contributed by atoms with Gasteiger partial charge < -0.3 is 72.2 Å². The van der Waals surface area contributed by atoms with E-state index in [1.807, 2.05) is 0 Å². The summed E-state index contributed by atoms with van der Waals surface area (Å²) in [5.74, 6) is 0. The van der Waals surface area contributed by atoms with Gasteiger partial charge in [-0.05, 0) is 236 Å². The summed E-state index contributed by atoms with van der Waals surface area (Å²) in [6.07, 6.45) is -8.18. The van der Waals surface area contributed by atoms with Crippen LogP contribution in [0.25, 0.3) is 0 Å². The van der Waals surface area contributed by atoms with Crippen LogP contribution in [-0.4, -0.2) is 212 Å². The zero-order chi connectivity index (χ0) is 64.9. The first-order chi connectivity index (χ1) is 36.6. The van der Waals surface area contributed by atoms with Gasteiger partial charge >= 0.3 is 0 Å². The Morgan fingerprint density at radius 2 is 0.687 bits per heavy atom. The standard InChI is InChI=1S/C54H129NO16Si12/c1-72(2,3)57-39-43-48(66-78(19,20)21)49(67-79(22,23)24)51(69-81(28,29)30)53(59-43)56-38-42-47(65-77(16,17)18)50(68-80(25,26)27)52(70-82(31,32)33)54(60-42)61-45(44(63-75(10,11)12)40-58-73(4,5)6)46(64-76(13,14)15)41(62-74(7,8)9)37-55-71-83(34,35)36/h37,41-54H,38-40H2,1-36H3/b55-37+/t41-,42+,43+,44+,45-,46+,47+,48+,49-,50-,51+,52+,53-,54-/m1/s1. The van der Waals surface area contributed by atoms with Gasteiger partial charge in [-0.2, -0.15) is 0 Å². The molecule has 83 heavy (non-hydrogen) atoms. The molecule has 0 N–H and O–H groups in total. The smallest absolute Gasteiger partial charge is 0.278 e. The molecule has 2 saturated heterocycles. The molecule has 494 valence electrons. The molecular weight excluding hydrogens is 1260 g/mol. The maximum atomic E-state index is 7.91. The Labute approximate surface area is 521 Å². The van der Waals surface area contributed by atoms with Gasteiger partial charge in [0.25, 0.3) is 8.32 Å². The van der Waals surface area contributed by atoms with Gasteiger partial charge in [-0.15, -0.1) is 5.16 Å². The molecule has 2 aliphatic heterocycles. The van der Waals surface area contributed by atoms with Gasteiger partial charge in [0.1, 0.15) is 67.1 Å². The van der Waals surface area contributed by atoms with Gasteiger partial charge in [-0.1, -0.05) is 0 Å². The van der Waals surface area contributed by atoms with E-state index in [0.717, 1.165) is 0 Å².